The van der Waals surface area contributed by atoms with Crippen molar-refractivity contribution in [3.8, 4) is 6.07 Å². The third-order valence-corrected chi connectivity index (χ3v) is 7.22. The number of halogens is 2. The van der Waals surface area contributed by atoms with Crippen molar-refractivity contribution in [2.24, 2.45) is 0 Å². The molecule has 2 heterocycles. The molecule has 2 aromatic heterocycles. The number of hydrogen-bond acceptors (Lipinski definition) is 5. The molecule has 4 aromatic rings. The average molecular weight is 447 g/mol. The standard InChI is InChI=1S/C19H12ClFN4O2S2/c20-16-7-8-17(28-16)29(26,27)24-19-18-14(21)5-2-6-15(18)25(23-19)11-13-4-1-3-12(9-13)10-22/h1-9H,11H2,(H,23,24). The van der Waals surface area contributed by atoms with Crippen molar-refractivity contribution in [1.29, 1.82) is 5.26 Å². The van der Waals surface area contributed by atoms with Crippen molar-refractivity contribution in [1.82, 2.24) is 9.78 Å². The number of benzene rings is 2. The Hall–Kier alpha value is -2.93. The number of nitrogens with one attached hydrogen (secondary N) is 1. The highest BCUT2D eigenvalue weighted by atomic mass is 35.5. The smallest absolute Gasteiger partial charge is 0.261 e. The largest absolute Gasteiger partial charge is 0.272 e. The Bertz CT molecular complexity index is 1370. The van der Waals surface area contributed by atoms with Gasteiger partial charge in [0.15, 0.2) is 5.82 Å². The molecule has 29 heavy (non-hydrogen) atoms. The van der Waals surface area contributed by atoms with Gasteiger partial charge in [-0.05, 0) is 42.0 Å². The number of thiophene rings is 1. The van der Waals surface area contributed by atoms with Gasteiger partial charge in [-0.3, -0.25) is 9.40 Å². The summed E-state index contributed by atoms with van der Waals surface area (Å²) < 4.78 is 44.0. The molecule has 0 unspecified atom stereocenters. The number of fused-ring (bicyclic) bond motifs is 1. The molecule has 0 atom stereocenters. The van der Waals surface area contributed by atoms with Crippen LogP contribution in [0.25, 0.3) is 10.9 Å². The van der Waals surface area contributed by atoms with Crippen molar-refractivity contribution in [3.05, 3.63) is 75.9 Å². The fourth-order valence-corrected chi connectivity index (χ4v) is 5.40. The number of hydrogen-bond donors (Lipinski definition) is 1. The van der Waals surface area contributed by atoms with Gasteiger partial charge in [0, 0.05) is 0 Å². The molecule has 0 bridgehead atoms. The van der Waals surface area contributed by atoms with E-state index in [1.165, 1.54) is 28.9 Å². The summed E-state index contributed by atoms with van der Waals surface area (Å²) in [4.78, 5) is 0. The first kappa shape index (κ1) is 19.4. The van der Waals surface area contributed by atoms with E-state index in [0.717, 1.165) is 16.9 Å². The molecule has 0 saturated carbocycles. The Morgan fingerprint density at radius 3 is 2.72 bits per heavy atom. The number of nitriles is 1. The second-order valence-electron chi connectivity index (χ2n) is 6.12. The molecule has 0 aliphatic carbocycles. The Morgan fingerprint density at radius 1 is 1.21 bits per heavy atom. The predicted octanol–water partition coefficient (Wildman–Crippen LogP) is 4.61. The van der Waals surface area contributed by atoms with Crippen LogP contribution in [-0.4, -0.2) is 18.2 Å². The van der Waals surface area contributed by atoms with E-state index >= 15 is 0 Å². The molecule has 6 nitrogen and oxygen atoms in total. The molecule has 0 fully saturated rings. The summed E-state index contributed by atoms with van der Waals surface area (Å²) in [5.41, 5.74) is 1.69. The molecule has 0 radical (unpaired) electrons. The second kappa shape index (κ2) is 7.48. The maximum absolute atomic E-state index is 14.5. The molecule has 146 valence electrons. The first-order chi connectivity index (χ1) is 13.9. The van der Waals surface area contributed by atoms with Crippen LogP contribution in [0.2, 0.25) is 4.34 Å². The molecule has 0 saturated heterocycles. The molecule has 0 spiro atoms. The summed E-state index contributed by atoms with van der Waals surface area (Å²) >= 11 is 6.73. The molecule has 1 N–H and O–H groups in total. The van der Waals surface area contributed by atoms with Gasteiger partial charge in [-0.15, -0.1) is 11.3 Å². The minimum atomic E-state index is -3.97. The van der Waals surface area contributed by atoms with Crippen molar-refractivity contribution in [3.63, 3.8) is 0 Å². The van der Waals surface area contributed by atoms with Crippen LogP contribution in [0.3, 0.4) is 0 Å². The Labute approximate surface area is 174 Å². The number of aromatic nitrogens is 2. The van der Waals surface area contributed by atoms with E-state index < -0.39 is 15.8 Å². The zero-order valence-electron chi connectivity index (χ0n) is 14.6. The Balaban J connectivity index is 1.78. The zero-order chi connectivity index (χ0) is 20.6. The monoisotopic (exact) mass is 446 g/mol. The van der Waals surface area contributed by atoms with Gasteiger partial charge in [0.2, 0.25) is 0 Å². The topological polar surface area (TPSA) is 87.8 Å². The highest BCUT2D eigenvalue weighted by molar-refractivity contribution is 7.94. The van der Waals surface area contributed by atoms with Crippen molar-refractivity contribution >= 4 is 49.7 Å². The van der Waals surface area contributed by atoms with E-state index in [2.05, 4.69) is 15.9 Å². The number of rotatable bonds is 5. The van der Waals surface area contributed by atoms with E-state index in [9.17, 15) is 12.8 Å². The molecular weight excluding hydrogens is 435 g/mol. The van der Waals surface area contributed by atoms with Crippen LogP contribution in [0.4, 0.5) is 10.2 Å². The third kappa shape index (κ3) is 3.82. The second-order valence-corrected chi connectivity index (χ2v) is 9.74. The molecule has 4 rings (SSSR count). The molecule has 2 aromatic carbocycles. The van der Waals surface area contributed by atoms with E-state index in [-0.39, 0.29) is 22.0 Å². The lowest BCUT2D eigenvalue weighted by Crippen LogP contribution is -2.12. The van der Waals surface area contributed by atoms with Crippen LogP contribution in [0.15, 0.2) is 58.8 Å². The van der Waals surface area contributed by atoms with Crippen LogP contribution >= 0.6 is 22.9 Å². The summed E-state index contributed by atoms with van der Waals surface area (Å²) in [6.07, 6.45) is 0. The fraction of sp³-hybridized carbons (Fsp3) is 0.0526. The van der Waals surface area contributed by atoms with Gasteiger partial charge in [-0.2, -0.15) is 10.4 Å². The highest BCUT2D eigenvalue weighted by Gasteiger charge is 2.22. The highest BCUT2D eigenvalue weighted by Crippen LogP contribution is 2.31. The molecule has 10 heteroatoms. The SMILES string of the molecule is N#Cc1cccc(Cn2nc(NS(=O)(=O)c3ccc(Cl)s3)c3c(F)cccc32)c1. The lowest BCUT2D eigenvalue weighted by Gasteiger charge is -2.04. The molecular formula is C19H12ClFN4O2S2. The van der Waals surface area contributed by atoms with E-state index in [1.807, 2.05) is 6.07 Å². The average Bonchev–Trinajstić information content (AvgIpc) is 3.27. The van der Waals surface area contributed by atoms with E-state index in [0.29, 0.717) is 15.4 Å². The Morgan fingerprint density at radius 2 is 2.00 bits per heavy atom. The minimum Gasteiger partial charge on any atom is -0.261 e. The van der Waals surface area contributed by atoms with Crippen LogP contribution < -0.4 is 4.72 Å². The van der Waals surface area contributed by atoms with Crippen LogP contribution in [0, 0.1) is 17.1 Å². The minimum absolute atomic E-state index is 0.00302. The summed E-state index contributed by atoms with van der Waals surface area (Å²) in [5, 5.41) is 13.4. The van der Waals surface area contributed by atoms with Gasteiger partial charge >= 0.3 is 0 Å². The van der Waals surface area contributed by atoms with Gasteiger partial charge in [0.25, 0.3) is 10.0 Å². The molecule has 0 aliphatic heterocycles. The van der Waals surface area contributed by atoms with Crippen LogP contribution in [0.5, 0.6) is 0 Å². The number of anilines is 1. The van der Waals surface area contributed by atoms with Crippen molar-refractivity contribution < 1.29 is 12.8 Å². The summed E-state index contributed by atoms with van der Waals surface area (Å²) in [6.45, 7) is 0.238. The quantitative estimate of drug-likeness (QED) is 0.484. The van der Waals surface area contributed by atoms with Gasteiger partial charge in [0.1, 0.15) is 10.0 Å². The summed E-state index contributed by atoms with van der Waals surface area (Å²) in [5.74, 6) is -0.708. The van der Waals surface area contributed by atoms with E-state index in [1.54, 1.807) is 24.3 Å². The molecule has 0 aliphatic rings. The first-order valence-corrected chi connectivity index (χ1v) is 11.0. The van der Waals surface area contributed by atoms with Gasteiger partial charge in [-0.1, -0.05) is 29.8 Å². The first-order valence-electron chi connectivity index (χ1n) is 8.29. The maximum Gasteiger partial charge on any atom is 0.272 e. The van der Waals surface area contributed by atoms with Crippen LogP contribution in [0.1, 0.15) is 11.1 Å². The van der Waals surface area contributed by atoms with Gasteiger partial charge in [-0.25, -0.2) is 12.8 Å². The van der Waals surface area contributed by atoms with Gasteiger partial charge < -0.3 is 0 Å². The van der Waals surface area contributed by atoms with Crippen LogP contribution in [-0.2, 0) is 16.6 Å². The number of sulfonamides is 1. The lowest BCUT2D eigenvalue weighted by molar-refractivity contribution is 0.602. The third-order valence-electron chi connectivity index (χ3n) is 4.16. The van der Waals surface area contributed by atoms with Crippen molar-refractivity contribution in [2.45, 2.75) is 10.8 Å². The summed E-state index contributed by atoms with van der Waals surface area (Å²) in [7, 11) is -3.97. The van der Waals surface area contributed by atoms with Gasteiger partial charge in [0.05, 0.1) is 33.4 Å². The Kier molecular flexibility index (Phi) is 5.00. The zero-order valence-corrected chi connectivity index (χ0v) is 17.0. The van der Waals surface area contributed by atoms with E-state index in [4.69, 9.17) is 16.9 Å². The summed E-state index contributed by atoms with van der Waals surface area (Å²) in [6, 6.07) is 16.3. The van der Waals surface area contributed by atoms with Crippen molar-refractivity contribution in [2.75, 3.05) is 4.72 Å². The molecule has 0 amide bonds. The predicted molar refractivity (Wildman–Crippen MR) is 110 cm³/mol. The number of nitrogens with zero attached hydrogens (tertiary/aromatic N) is 3. The normalized spacial score (nSPS) is 11.5. The maximum atomic E-state index is 14.5. The fourth-order valence-electron chi connectivity index (χ4n) is 2.91. The lowest BCUT2D eigenvalue weighted by atomic mass is 10.1.